The number of methoxy groups -OCH3 is 1. The van der Waals surface area contributed by atoms with Crippen molar-refractivity contribution in [2.24, 2.45) is 0 Å². The normalized spacial score (nSPS) is 17.1. The largest absolute Gasteiger partial charge is 0.496 e. The summed E-state index contributed by atoms with van der Waals surface area (Å²) >= 11 is 0. The van der Waals surface area contributed by atoms with Gasteiger partial charge in [0.2, 0.25) is 5.91 Å². The molecule has 0 radical (unpaired) electrons. The molecule has 5 nitrogen and oxygen atoms in total. The first-order chi connectivity index (χ1) is 9.79. The van der Waals surface area contributed by atoms with Crippen LogP contribution >= 0.6 is 12.4 Å². The maximum Gasteiger partial charge on any atom is 0.234 e. The van der Waals surface area contributed by atoms with Gasteiger partial charge in [0, 0.05) is 25.3 Å². The highest BCUT2D eigenvalue weighted by Gasteiger charge is 2.15. The number of hydrogen-bond donors (Lipinski definition) is 2. The molecule has 1 aromatic rings. The quantitative estimate of drug-likeness (QED) is 0.801. The van der Waals surface area contributed by atoms with E-state index in [-0.39, 0.29) is 24.4 Å². The SMILES string of the molecule is COc1ccccc1CNC(=O)CNCC1CCCO1.Cl. The molecule has 1 aliphatic heterocycles. The van der Waals surface area contributed by atoms with Gasteiger partial charge < -0.3 is 20.1 Å². The summed E-state index contributed by atoms with van der Waals surface area (Å²) in [4.78, 5) is 11.7. The van der Waals surface area contributed by atoms with E-state index in [0.29, 0.717) is 13.1 Å². The van der Waals surface area contributed by atoms with Crippen molar-refractivity contribution >= 4 is 18.3 Å². The van der Waals surface area contributed by atoms with Crippen molar-refractivity contribution in [1.82, 2.24) is 10.6 Å². The van der Waals surface area contributed by atoms with Gasteiger partial charge in [-0.3, -0.25) is 4.79 Å². The van der Waals surface area contributed by atoms with Crippen LogP contribution in [0, 0.1) is 0 Å². The summed E-state index contributed by atoms with van der Waals surface area (Å²) in [6, 6.07) is 7.67. The monoisotopic (exact) mass is 314 g/mol. The predicted molar refractivity (Wildman–Crippen MR) is 83.9 cm³/mol. The third-order valence-corrected chi connectivity index (χ3v) is 3.35. The van der Waals surface area contributed by atoms with Crippen molar-refractivity contribution in [3.8, 4) is 5.75 Å². The highest BCUT2D eigenvalue weighted by Crippen LogP contribution is 2.16. The zero-order valence-electron chi connectivity index (χ0n) is 12.3. The van der Waals surface area contributed by atoms with E-state index in [1.54, 1.807) is 7.11 Å². The number of amides is 1. The van der Waals surface area contributed by atoms with Crippen LogP contribution in [0.3, 0.4) is 0 Å². The topological polar surface area (TPSA) is 59.6 Å². The van der Waals surface area contributed by atoms with Gasteiger partial charge in [0.05, 0.1) is 19.8 Å². The maximum absolute atomic E-state index is 11.7. The van der Waals surface area contributed by atoms with E-state index in [2.05, 4.69) is 10.6 Å². The first-order valence-corrected chi connectivity index (χ1v) is 7.00. The molecule has 1 aliphatic rings. The van der Waals surface area contributed by atoms with Gasteiger partial charge in [0.1, 0.15) is 5.75 Å². The second kappa shape index (κ2) is 9.60. The van der Waals surface area contributed by atoms with Gasteiger partial charge in [0.25, 0.3) is 0 Å². The standard InChI is InChI=1S/C15H22N2O3.ClH/c1-19-14-7-3-2-5-12(14)9-17-15(18)11-16-10-13-6-4-8-20-13;/h2-3,5,7,13,16H,4,6,8-11H2,1H3,(H,17,18);1H. The Balaban J connectivity index is 0.00000220. The minimum absolute atomic E-state index is 0. The molecule has 118 valence electrons. The molecule has 1 aromatic carbocycles. The predicted octanol–water partition coefficient (Wildman–Crippen LogP) is 1.50. The van der Waals surface area contributed by atoms with Crippen molar-refractivity contribution in [3.63, 3.8) is 0 Å². The van der Waals surface area contributed by atoms with Crippen LogP contribution in [-0.2, 0) is 16.1 Å². The first-order valence-electron chi connectivity index (χ1n) is 7.00. The molecule has 0 bridgehead atoms. The Morgan fingerprint density at radius 1 is 1.43 bits per heavy atom. The van der Waals surface area contributed by atoms with Gasteiger partial charge >= 0.3 is 0 Å². The van der Waals surface area contributed by atoms with Gasteiger partial charge in [-0.1, -0.05) is 18.2 Å². The molecule has 6 heteroatoms. The number of para-hydroxylation sites is 1. The van der Waals surface area contributed by atoms with Crippen LogP contribution in [0.1, 0.15) is 18.4 Å². The van der Waals surface area contributed by atoms with Gasteiger partial charge in [0.15, 0.2) is 0 Å². The second-order valence-corrected chi connectivity index (χ2v) is 4.85. The summed E-state index contributed by atoms with van der Waals surface area (Å²) in [6.45, 7) is 2.37. The number of benzene rings is 1. The lowest BCUT2D eigenvalue weighted by Gasteiger charge is -2.12. The van der Waals surface area contributed by atoms with Crippen molar-refractivity contribution in [2.45, 2.75) is 25.5 Å². The molecule has 0 aliphatic carbocycles. The van der Waals surface area contributed by atoms with Crippen LogP contribution in [0.2, 0.25) is 0 Å². The molecule has 1 atom stereocenters. The molecule has 1 unspecified atom stereocenters. The van der Waals surface area contributed by atoms with E-state index in [4.69, 9.17) is 9.47 Å². The molecule has 1 amide bonds. The Labute approximate surface area is 131 Å². The number of halogens is 1. The van der Waals surface area contributed by atoms with Crippen LogP contribution in [0.5, 0.6) is 5.75 Å². The van der Waals surface area contributed by atoms with E-state index in [1.807, 2.05) is 24.3 Å². The summed E-state index contributed by atoms with van der Waals surface area (Å²) < 4.78 is 10.7. The van der Waals surface area contributed by atoms with E-state index >= 15 is 0 Å². The maximum atomic E-state index is 11.7. The molecule has 0 spiro atoms. The first kappa shape index (κ1) is 17.8. The molecule has 0 saturated carbocycles. The smallest absolute Gasteiger partial charge is 0.234 e. The van der Waals surface area contributed by atoms with Crippen molar-refractivity contribution in [3.05, 3.63) is 29.8 Å². The molecule has 21 heavy (non-hydrogen) atoms. The van der Waals surface area contributed by atoms with Gasteiger partial charge in [-0.05, 0) is 18.9 Å². The zero-order valence-corrected chi connectivity index (χ0v) is 13.1. The van der Waals surface area contributed by atoms with Crippen molar-refractivity contribution in [2.75, 3.05) is 26.8 Å². The highest BCUT2D eigenvalue weighted by molar-refractivity contribution is 5.85. The molecular weight excluding hydrogens is 292 g/mol. The number of carbonyl (C=O) groups excluding carboxylic acids is 1. The summed E-state index contributed by atoms with van der Waals surface area (Å²) in [5.74, 6) is 0.772. The van der Waals surface area contributed by atoms with E-state index in [0.717, 1.165) is 37.3 Å². The van der Waals surface area contributed by atoms with Crippen LogP contribution in [0.15, 0.2) is 24.3 Å². The number of carbonyl (C=O) groups is 1. The van der Waals surface area contributed by atoms with E-state index < -0.39 is 0 Å². The molecule has 1 fully saturated rings. The second-order valence-electron chi connectivity index (χ2n) is 4.85. The van der Waals surface area contributed by atoms with Crippen LogP contribution in [-0.4, -0.2) is 38.8 Å². The fraction of sp³-hybridized carbons (Fsp3) is 0.533. The van der Waals surface area contributed by atoms with Crippen molar-refractivity contribution in [1.29, 1.82) is 0 Å². The molecule has 0 aromatic heterocycles. The minimum atomic E-state index is -0.0195. The zero-order chi connectivity index (χ0) is 14.2. The molecule has 2 N–H and O–H groups in total. The fourth-order valence-electron chi connectivity index (χ4n) is 2.26. The molecular formula is C15H23ClN2O3. The minimum Gasteiger partial charge on any atom is -0.496 e. The number of hydrogen-bond acceptors (Lipinski definition) is 4. The lowest BCUT2D eigenvalue weighted by atomic mass is 10.2. The Bertz CT molecular complexity index is 437. The van der Waals surface area contributed by atoms with Crippen molar-refractivity contribution < 1.29 is 14.3 Å². The lowest BCUT2D eigenvalue weighted by molar-refractivity contribution is -0.120. The van der Waals surface area contributed by atoms with Crippen LogP contribution in [0.4, 0.5) is 0 Å². The highest BCUT2D eigenvalue weighted by atomic mass is 35.5. The number of rotatable bonds is 7. The van der Waals surface area contributed by atoms with Crippen LogP contribution in [0.25, 0.3) is 0 Å². The van der Waals surface area contributed by atoms with Gasteiger partial charge in [-0.15, -0.1) is 12.4 Å². The summed E-state index contributed by atoms with van der Waals surface area (Å²) in [6.07, 6.45) is 2.46. The van der Waals surface area contributed by atoms with Gasteiger partial charge in [-0.25, -0.2) is 0 Å². The van der Waals surface area contributed by atoms with Gasteiger partial charge in [-0.2, -0.15) is 0 Å². The van der Waals surface area contributed by atoms with Crippen LogP contribution < -0.4 is 15.4 Å². The Hall–Kier alpha value is -1.30. The third kappa shape index (κ3) is 5.91. The summed E-state index contributed by atoms with van der Waals surface area (Å²) in [7, 11) is 1.63. The average molecular weight is 315 g/mol. The summed E-state index contributed by atoms with van der Waals surface area (Å²) in [5.41, 5.74) is 0.975. The lowest BCUT2D eigenvalue weighted by Crippen LogP contribution is -2.36. The Morgan fingerprint density at radius 2 is 2.24 bits per heavy atom. The number of ether oxygens (including phenoxy) is 2. The molecule has 2 rings (SSSR count). The van der Waals surface area contributed by atoms with E-state index in [9.17, 15) is 4.79 Å². The summed E-state index contributed by atoms with van der Waals surface area (Å²) in [5, 5.41) is 6.00. The molecule has 1 saturated heterocycles. The fourth-order valence-corrected chi connectivity index (χ4v) is 2.26. The average Bonchev–Trinajstić information content (AvgIpc) is 2.98. The number of nitrogens with one attached hydrogen (secondary N) is 2. The third-order valence-electron chi connectivity index (χ3n) is 3.35. The molecule has 1 heterocycles. The Morgan fingerprint density at radius 3 is 2.95 bits per heavy atom. The van der Waals surface area contributed by atoms with E-state index in [1.165, 1.54) is 0 Å². The Kier molecular flexibility index (Phi) is 8.12.